The normalized spacial score (nSPS) is 14.2. The lowest BCUT2D eigenvalue weighted by atomic mass is 10.1. The number of benzene rings is 2. The van der Waals surface area contributed by atoms with Gasteiger partial charge in [0.15, 0.2) is 17.0 Å². The Morgan fingerprint density at radius 1 is 1.00 bits per heavy atom. The first kappa shape index (κ1) is 20.6. The second-order valence-corrected chi connectivity index (χ2v) is 8.10. The molecule has 0 radical (unpaired) electrons. The van der Waals surface area contributed by atoms with E-state index in [0.717, 1.165) is 0 Å². The molecule has 0 spiro atoms. The summed E-state index contributed by atoms with van der Waals surface area (Å²) in [6, 6.07) is 10.9. The van der Waals surface area contributed by atoms with Gasteiger partial charge in [-0.3, -0.25) is 4.79 Å². The van der Waals surface area contributed by atoms with E-state index in [1.807, 2.05) is 4.90 Å². The molecule has 8 nitrogen and oxygen atoms in total. The van der Waals surface area contributed by atoms with Crippen LogP contribution in [0.25, 0.3) is 16.9 Å². The second-order valence-electron chi connectivity index (χ2n) is 7.25. The largest absolute Gasteiger partial charge is 0.351 e. The number of fused-ring (bicyclic) bond motifs is 1. The average molecular weight is 472 g/mol. The highest BCUT2D eigenvalue weighted by atomic mass is 35.5. The third kappa shape index (κ3) is 3.74. The number of halogens is 3. The molecule has 2 aromatic heterocycles. The Kier molecular flexibility index (Phi) is 5.36. The maximum absolute atomic E-state index is 13.6. The molecule has 0 bridgehead atoms. The van der Waals surface area contributed by atoms with Crippen molar-refractivity contribution in [3.8, 4) is 5.69 Å². The molecule has 1 amide bonds. The van der Waals surface area contributed by atoms with Gasteiger partial charge in [0.1, 0.15) is 12.1 Å². The summed E-state index contributed by atoms with van der Waals surface area (Å²) in [7, 11) is 0. The highest BCUT2D eigenvalue weighted by Crippen LogP contribution is 2.26. The molecule has 32 heavy (non-hydrogen) atoms. The third-order valence-electron chi connectivity index (χ3n) is 5.30. The molecule has 4 aromatic rings. The van der Waals surface area contributed by atoms with Crippen LogP contribution in [0.3, 0.4) is 0 Å². The maximum atomic E-state index is 13.6. The van der Waals surface area contributed by atoms with Gasteiger partial charge in [0.05, 0.1) is 16.3 Å². The zero-order chi connectivity index (χ0) is 22.2. The lowest BCUT2D eigenvalue weighted by molar-refractivity contribution is 0.0747. The number of carbonyl (C=O) groups excluding carboxylic acids is 1. The van der Waals surface area contributed by atoms with E-state index < -0.39 is 0 Å². The summed E-state index contributed by atoms with van der Waals surface area (Å²) in [6.45, 7) is 2.08. The number of anilines is 1. The topological polar surface area (TPSA) is 80.0 Å². The number of carbonyl (C=O) groups is 1. The van der Waals surface area contributed by atoms with Crippen LogP contribution in [0.4, 0.5) is 10.2 Å². The second kappa shape index (κ2) is 8.33. The molecule has 0 N–H and O–H groups in total. The van der Waals surface area contributed by atoms with Gasteiger partial charge in [0.2, 0.25) is 0 Å². The summed E-state index contributed by atoms with van der Waals surface area (Å²) < 4.78 is 15.1. The summed E-state index contributed by atoms with van der Waals surface area (Å²) in [6.07, 6.45) is 1.43. The van der Waals surface area contributed by atoms with Crippen molar-refractivity contribution < 1.29 is 9.18 Å². The molecule has 1 saturated heterocycles. The molecule has 1 fully saturated rings. The van der Waals surface area contributed by atoms with Crippen molar-refractivity contribution in [2.45, 2.75) is 0 Å². The molecule has 11 heteroatoms. The summed E-state index contributed by atoms with van der Waals surface area (Å²) >= 11 is 12.1. The van der Waals surface area contributed by atoms with Gasteiger partial charge < -0.3 is 9.80 Å². The molecular weight excluding hydrogens is 456 g/mol. The molecular formula is C21H16Cl2FN7O. The van der Waals surface area contributed by atoms with E-state index in [1.165, 1.54) is 23.1 Å². The van der Waals surface area contributed by atoms with Crippen LogP contribution in [-0.2, 0) is 0 Å². The van der Waals surface area contributed by atoms with Gasteiger partial charge in [0, 0.05) is 31.2 Å². The van der Waals surface area contributed by atoms with Crippen LogP contribution in [-0.4, -0.2) is 61.9 Å². The molecule has 2 aromatic carbocycles. The Morgan fingerprint density at radius 2 is 1.81 bits per heavy atom. The van der Waals surface area contributed by atoms with E-state index in [1.54, 1.807) is 35.2 Å². The Hall–Kier alpha value is -3.30. The van der Waals surface area contributed by atoms with Crippen molar-refractivity contribution in [1.82, 2.24) is 29.9 Å². The minimum Gasteiger partial charge on any atom is -0.351 e. The smallest absolute Gasteiger partial charge is 0.255 e. The molecule has 1 aliphatic heterocycles. The Balaban J connectivity index is 1.37. The van der Waals surface area contributed by atoms with E-state index in [-0.39, 0.29) is 11.7 Å². The van der Waals surface area contributed by atoms with Gasteiger partial charge in [-0.25, -0.2) is 14.4 Å². The molecule has 1 aliphatic rings. The van der Waals surface area contributed by atoms with Gasteiger partial charge in [-0.05, 0) is 36.4 Å². The number of rotatable bonds is 3. The first-order valence-electron chi connectivity index (χ1n) is 9.83. The number of hydrogen-bond donors (Lipinski definition) is 0. The van der Waals surface area contributed by atoms with Crippen LogP contribution in [0.1, 0.15) is 10.4 Å². The van der Waals surface area contributed by atoms with Crippen LogP contribution in [0.15, 0.2) is 48.8 Å². The van der Waals surface area contributed by atoms with Crippen molar-refractivity contribution in [2.75, 3.05) is 31.1 Å². The van der Waals surface area contributed by atoms with Crippen LogP contribution >= 0.6 is 23.2 Å². The zero-order valence-corrected chi connectivity index (χ0v) is 18.1. The predicted molar refractivity (Wildman–Crippen MR) is 119 cm³/mol. The quantitative estimate of drug-likeness (QED) is 0.453. The van der Waals surface area contributed by atoms with E-state index in [2.05, 4.69) is 20.3 Å². The van der Waals surface area contributed by atoms with Gasteiger partial charge >= 0.3 is 0 Å². The van der Waals surface area contributed by atoms with Crippen LogP contribution in [0, 0.1) is 5.82 Å². The van der Waals surface area contributed by atoms with Gasteiger partial charge in [0.25, 0.3) is 5.91 Å². The molecule has 0 unspecified atom stereocenters. The minimum absolute atomic E-state index is 0.142. The van der Waals surface area contributed by atoms with E-state index in [4.69, 9.17) is 23.2 Å². The molecule has 5 rings (SSSR count). The zero-order valence-electron chi connectivity index (χ0n) is 16.6. The molecule has 0 saturated carbocycles. The monoisotopic (exact) mass is 471 g/mol. The maximum Gasteiger partial charge on any atom is 0.255 e. The summed E-state index contributed by atoms with van der Waals surface area (Å²) in [4.78, 5) is 25.3. The highest BCUT2D eigenvalue weighted by Gasteiger charge is 2.26. The third-order valence-corrected chi connectivity index (χ3v) is 5.85. The fourth-order valence-corrected chi connectivity index (χ4v) is 4.19. The Bertz CT molecular complexity index is 1320. The van der Waals surface area contributed by atoms with Crippen molar-refractivity contribution in [1.29, 1.82) is 0 Å². The Labute approximate surface area is 192 Å². The average Bonchev–Trinajstić information content (AvgIpc) is 3.23. The summed E-state index contributed by atoms with van der Waals surface area (Å²) in [5.74, 6) is 0.104. The highest BCUT2D eigenvalue weighted by molar-refractivity contribution is 6.36. The number of nitrogens with zero attached hydrogens (tertiary/aromatic N) is 7. The van der Waals surface area contributed by atoms with Crippen LogP contribution < -0.4 is 4.90 Å². The molecule has 162 valence electrons. The standard InChI is InChI=1S/C21H16Cl2FN7O/c22-13-4-5-16(17(23)10-13)21(32)30-8-6-29(7-9-30)19-18-20(26-12-25-19)31(28-27-18)15-3-1-2-14(24)11-15/h1-5,10-12H,6-9H2. The molecule has 0 aliphatic carbocycles. The number of piperazine rings is 1. The van der Waals surface area contributed by atoms with E-state index in [9.17, 15) is 9.18 Å². The van der Waals surface area contributed by atoms with Crippen molar-refractivity contribution in [2.24, 2.45) is 0 Å². The first-order chi connectivity index (χ1) is 15.5. The SMILES string of the molecule is O=C(c1ccc(Cl)cc1Cl)N1CCN(c2ncnc3c2nnn3-c2cccc(F)c2)CC1. The Morgan fingerprint density at radius 3 is 2.56 bits per heavy atom. The van der Waals surface area contributed by atoms with Gasteiger partial charge in [-0.1, -0.05) is 34.5 Å². The van der Waals surface area contributed by atoms with Gasteiger partial charge in [-0.2, -0.15) is 4.68 Å². The summed E-state index contributed by atoms with van der Waals surface area (Å²) in [5.41, 5.74) is 1.93. The first-order valence-corrected chi connectivity index (χ1v) is 10.6. The van der Waals surface area contributed by atoms with Crippen molar-refractivity contribution in [3.05, 3.63) is 70.2 Å². The number of aromatic nitrogens is 5. The van der Waals surface area contributed by atoms with E-state index >= 15 is 0 Å². The predicted octanol–water partition coefficient (Wildman–Crippen LogP) is 3.62. The van der Waals surface area contributed by atoms with Gasteiger partial charge in [-0.15, -0.1) is 5.10 Å². The van der Waals surface area contributed by atoms with E-state index in [0.29, 0.717) is 64.5 Å². The van der Waals surface area contributed by atoms with Crippen LogP contribution in [0.5, 0.6) is 0 Å². The van der Waals surface area contributed by atoms with Crippen molar-refractivity contribution in [3.63, 3.8) is 0 Å². The number of hydrogen-bond acceptors (Lipinski definition) is 6. The summed E-state index contributed by atoms with van der Waals surface area (Å²) in [5, 5.41) is 9.19. The molecule has 0 atom stereocenters. The lowest BCUT2D eigenvalue weighted by Gasteiger charge is -2.35. The fourth-order valence-electron chi connectivity index (χ4n) is 3.70. The molecule has 3 heterocycles. The minimum atomic E-state index is -0.373. The fraction of sp³-hybridized carbons (Fsp3) is 0.190. The lowest BCUT2D eigenvalue weighted by Crippen LogP contribution is -2.49. The number of amides is 1. The van der Waals surface area contributed by atoms with Crippen LogP contribution in [0.2, 0.25) is 10.0 Å². The van der Waals surface area contributed by atoms with Crippen molar-refractivity contribution >= 4 is 46.1 Å².